The van der Waals surface area contributed by atoms with E-state index < -0.39 is 0 Å². The van der Waals surface area contributed by atoms with E-state index in [0.717, 1.165) is 15.8 Å². The molecule has 0 aliphatic heterocycles. The molecule has 1 aromatic carbocycles. The second kappa shape index (κ2) is 2.43. The Morgan fingerprint density at radius 2 is 2.27 bits per heavy atom. The van der Waals surface area contributed by atoms with Gasteiger partial charge in [-0.1, -0.05) is 16.1 Å². The second-order valence-electron chi connectivity index (χ2n) is 2.37. The summed E-state index contributed by atoms with van der Waals surface area (Å²) in [5.74, 6) is 0. The predicted molar refractivity (Wildman–Crippen MR) is 47.2 cm³/mol. The number of aromatic nitrogens is 2. The van der Waals surface area contributed by atoms with Gasteiger partial charge in [-0.2, -0.15) is 0 Å². The van der Waals surface area contributed by atoms with Crippen molar-refractivity contribution >= 4 is 33.4 Å². The number of nitrogens with zero attached hydrogens (tertiary/aromatic N) is 2. The van der Waals surface area contributed by atoms with Gasteiger partial charge < -0.3 is 0 Å². The third kappa shape index (κ3) is 1.10. The summed E-state index contributed by atoms with van der Waals surface area (Å²) in [6, 6.07) is 3.93. The standard InChI is InChI=1S/C7H5ClN2S/c1-4-2-5(8)7-6(3-4)11-10-9-7/h2-3H,1H3. The Morgan fingerprint density at radius 1 is 1.45 bits per heavy atom. The van der Waals surface area contributed by atoms with Crippen molar-refractivity contribution in [3.8, 4) is 0 Å². The van der Waals surface area contributed by atoms with Gasteiger partial charge >= 0.3 is 0 Å². The van der Waals surface area contributed by atoms with Crippen LogP contribution in [0.15, 0.2) is 12.1 Å². The Kier molecular flexibility index (Phi) is 1.55. The van der Waals surface area contributed by atoms with Gasteiger partial charge in [0.05, 0.1) is 9.72 Å². The fraction of sp³-hybridized carbons (Fsp3) is 0.143. The number of benzene rings is 1. The minimum Gasteiger partial charge on any atom is -0.136 e. The summed E-state index contributed by atoms with van der Waals surface area (Å²) in [6.07, 6.45) is 0. The number of aryl methyl sites for hydroxylation is 1. The molecule has 0 aliphatic carbocycles. The number of hydrogen-bond donors (Lipinski definition) is 0. The molecule has 11 heavy (non-hydrogen) atoms. The van der Waals surface area contributed by atoms with E-state index >= 15 is 0 Å². The van der Waals surface area contributed by atoms with Crippen LogP contribution in [0.1, 0.15) is 5.56 Å². The van der Waals surface area contributed by atoms with Crippen molar-refractivity contribution in [1.82, 2.24) is 9.59 Å². The van der Waals surface area contributed by atoms with Gasteiger partial charge in [-0.25, -0.2) is 0 Å². The Morgan fingerprint density at radius 3 is 3.09 bits per heavy atom. The van der Waals surface area contributed by atoms with E-state index in [2.05, 4.69) is 9.59 Å². The van der Waals surface area contributed by atoms with Crippen LogP contribution in [0.5, 0.6) is 0 Å². The van der Waals surface area contributed by atoms with Gasteiger partial charge in [0.25, 0.3) is 0 Å². The molecule has 56 valence electrons. The minimum atomic E-state index is 0.689. The van der Waals surface area contributed by atoms with E-state index in [-0.39, 0.29) is 0 Å². The average Bonchev–Trinajstić information content (AvgIpc) is 2.34. The van der Waals surface area contributed by atoms with E-state index in [1.165, 1.54) is 11.5 Å². The Bertz CT molecular complexity index is 396. The molecule has 0 radical (unpaired) electrons. The van der Waals surface area contributed by atoms with Crippen LogP contribution >= 0.6 is 23.1 Å². The van der Waals surface area contributed by atoms with Gasteiger partial charge in [-0.3, -0.25) is 0 Å². The quantitative estimate of drug-likeness (QED) is 0.629. The fourth-order valence-electron chi connectivity index (χ4n) is 0.975. The maximum Gasteiger partial charge on any atom is 0.124 e. The van der Waals surface area contributed by atoms with Crippen LogP contribution in [0.25, 0.3) is 10.2 Å². The van der Waals surface area contributed by atoms with Crippen LogP contribution in [0, 0.1) is 6.92 Å². The molecule has 1 heterocycles. The van der Waals surface area contributed by atoms with Crippen molar-refractivity contribution in [2.45, 2.75) is 6.92 Å². The summed E-state index contributed by atoms with van der Waals surface area (Å²) in [5, 5.41) is 4.58. The third-order valence-corrected chi connectivity index (χ3v) is 2.41. The van der Waals surface area contributed by atoms with Gasteiger partial charge in [-0.15, -0.1) is 5.10 Å². The molecule has 0 saturated carbocycles. The summed E-state index contributed by atoms with van der Waals surface area (Å²) in [7, 11) is 0. The van der Waals surface area contributed by atoms with Crippen LogP contribution in [0.2, 0.25) is 5.02 Å². The second-order valence-corrected chi connectivity index (χ2v) is 3.56. The highest BCUT2D eigenvalue weighted by Crippen LogP contribution is 2.24. The highest BCUT2D eigenvalue weighted by Gasteiger charge is 2.02. The highest BCUT2D eigenvalue weighted by atomic mass is 35.5. The molecule has 2 nitrogen and oxygen atoms in total. The van der Waals surface area contributed by atoms with Gasteiger partial charge in [0.1, 0.15) is 5.52 Å². The van der Waals surface area contributed by atoms with E-state index in [1.54, 1.807) is 0 Å². The zero-order chi connectivity index (χ0) is 7.84. The molecule has 2 aromatic rings. The van der Waals surface area contributed by atoms with Crippen LogP contribution in [-0.2, 0) is 0 Å². The summed E-state index contributed by atoms with van der Waals surface area (Å²) in [6.45, 7) is 2.00. The monoisotopic (exact) mass is 184 g/mol. The predicted octanol–water partition coefficient (Wildman–Crippen LogP) is 2.65. The maximum atomic E-state index is 5.91. The molecule has 0 aliphatic rings. The lowest BCUT2D eigenvalue weighted by molar-refractivity contribution is 1.20. The smallest absolute Gasteiger partial charge is 0.124 e. The van der Waals surface area contributed by atoms with Gasteiger partial charge in [-0.05, 0) is 36.2 Å². The lowest BCUT2D eigenvalue weighted by Gasteiger charge is -1.92. The first-order chi connectivity index (χ1) is 5.27. The summed E-state index contributed by atoms with van der Waals surface area (Å²) >= 11 is 7.28. The lowest BCUT2D eigenvalue weighted by Crippen LogP contribution is -1.74. The summed E-state index contributed by atoms with van der Waals surface area (Å²) in [5.41, 5.74) is 1.95. The first-order valence-corrected chi connectivity index (χ1v) is 4.31. The number of hydrogen-bond acceptors (Lipinski definition) is 3. The molecule has 0 fully saturated rings. The zero-order valence-electron chi connectivity index (χ0n) is 5.84. The van der Waals surface area contributed by atoms with Crippen LogP contribution < -0.4 is 0 Å². The van der Waals surface area contributed by atoms with Crippen molar-refractivity contribution in [2.75, 3.05) is 0 Å². The van der Waals surface area contributed by atoms with Crippen molar-refractivity contribution in [3.63, 3.8) is 0 Å². The zero-order valence-corrected chi connectivity index (χ0v) is 7.41. The van der Waals surface area contributed by atoms with Crippen LogP contribution in [0.3, 0.4) is 0 Å². The minimum absolute atomic E-state index is 0.689. The van der Waals surface area contributed by atoms with Gasteiger partial charge in [0, 0.05) is 0 Å². The molecule has 0 spiro atoms. The molecule has 0 N–H and O–H groups in total. The topological polar surface area (TPSA) is 25.8 Å². The number of fused-ring (bicyclic) bond motifs is 1. The molecule has 0 saturated heterocycles. The summed E-state index contributed by atoms with van der Waals surface area (Å²) in [4.78, 5) is 0. The van der Waals surface area contributed by atoms with E-state index in [1.807, 2.05) is 19.1 Å². The molecule has 1 aromatic heterocycles. The van der Waals surface area contributed by atoms with Gasteiger partial charge in [0.15, 0.2) is 0 Å². The molecular weight excluding hydrogens is 180 g/mol. The van der Waals surface area contributed by atoms with Crippen molar-refractivity contribution in [2.24, 2.45) is 0 Å². The van der Waals surface area contributed by atoms with Gasteiger partial charge in [0.2, 0.25) is 0 Å². The molecular formula is C7H5ClN2S. The van der Waals surface area contributed by atoms with Crippen molar-refractivity contribution < 1.29 is 0 Å². The molecule has 0 unspecified atom stereocenters. The normalized spacial score (nSPS) is 10.7. The average molecular weight is 185 g/mol. The number of rotatable bonds is 0. The van der Waals surface area contributed by atoms with E-state index in [0.29, 0.717) is 5.02 Å². The molecule has 0 atom stereocenters. The maximum absolute atomic E-state index is 5.91. The molecule has 4 heteroatoms. The Balaban J connectivity index is 2.91. The summed E-state index contributed by atoms with van der Waals surface area (Å²) < 4.78 is 4.86. The Hall–Kier alpha value is -0.670. The molecule has 0 bridgehead atoms. The van der Waals surface area contributed by atoms with E-state index in [9.17, 15) is 0 Å². The lowest BCUT2D eigenvalue weighted by atomic mass is 10.2. The number of halogens is 1. The van der Waals surface area contributed by atoms with Crippen molar-refractivity contribution in [1.29, 1.82) is 0 Å². The SMILES string of the molecule is Cc1cc(Cl)c2nnsc2c1. The Labute approximate surface area is 73.0 Å². The molecule has 2 rings (SSSR count). The molecule has 0 amide bonds. The first kappa shape index (κ1) is 7.00. The van der Waals surface area contributed by atoms with Crippen LogP contribution in [-0.4, -0.2) is 9.59 Å². The largest absolute Gasteiger partial charge is 0.136 e. The van der Waals surface area contributed by atoms with E-state index in [4.69, 9.17) is 11.6 Å². The first-order valence-electron chi connectivity index (χ1n) is 3.15. The highest BCUT2D eigenvalue weighted by molar-refractivity contribution is 7.13. The van der Waals surface area contributed by atoms with Crippen LogP contribution in [0.4, 0.5) is 0 Å². The van der Waals surface area contributed by atoms with Crippen molar-refractivity contribution in [3.05, 3.63) is 22.7 Å². The third-order valence-electron chi connectivity index (χ3n) is 1.45. The fourth-order valence-corrected chi connectivity index (χ4v) is 2.03.